The molecule has 1 aliphatic carbocycles. The molecular formula is C16H22BrClFN. The molecule has 0 aliphatic heterocycles. The Labute approximate surface area is 134 Å². The highest BCUT2D eigenvalue weighted by Crippen LogP contribution is 2.47. The highest BCUT2D eigenvalue weighted by molar-refractivity contribution is 9.10. The molecule has 1 nitrogen and oxygen atoms in total. The molecule has 1 saturated carbocycles. The first-order valence-corrected chi connectivity index (χ1v) is 8.53. The summed E-state index contributed by atoms with van der Waals surface area (Å²) >= 11 is 9.35. The van der Waals surface area contributed by atoms with Gasteiger partial charge in [-0.2, -0.15) is 0 Å². The first kappa shape index (κ1) is 16.3. The fraction of sp³-hybridized carbons (Fsp3) is 0.625. The maximum atomic E-state index is 14.6. The molecule has 1 aliphatic rings. The van der Waals surface area contributed by atoms with Crippen molar-refractivity contribution in [3.05, 3.63) is 33.0 Å². The molecule has 0 bridgehead atoms. The van der Waals surface area contributed by atoms with Gasteiger partial charge in [0.15, 0.2) is 0 Å². The van der Waals surface area contributed by atoms with Gasteiger partial charge in [-0.3, -0.25) is 0 Å². The number of hydrogen-bond donors (Lipinski definition) is 1. The second-order valence-corrected chi connectivity index (χ2v) is 7.20. The summed E-state index contributed by atoms with van der Waals surface area (Å²) in [4.78, 5) is 0. The van der Waals surface area contributed by atoms with E-state index in [9.17, 15) is 4.39 Å². The van der Waals surface area contributed by atoms with Crippen molar-refractivity contribution in [2.45, 2.75) is 52.0 Å². The van der Waals surface area contributed by atoms with Crippen LogP contribution in [0.3, 0.4) is 0 Å². The predicted octanol–water partition coefficient (Wildman–Crippen LogP) is 5.86. The Bertz CT molecular complexity index is 472. The lowest BCUT2D eigenvalue weighted by Crippen LogP contribution is -2.38. The van der Waals surface area contributed by atoms with E-state index >= 15 is 0 Å². The van der Waals surface area contributed by atoms with Gasteiger partial charge in [0.2, 0.25) is 0 Å². The fourth-order valence-electron chi connectivity index (χ4n) is 3.35. The van der Waals surface area contributed by atoms with E-state index in [1.807, 2.05) is 12.1 Å². The molecule has 1 fully saturated rings. The zero-order valence-electron chi connectivity index (χ0n) is 12.1. The predicted molar refractivity (Wildman–Crippen MR) is 86.7 cm³/mol. The van der Waals surface area contributed by atoms with Crippen LogP contribution in [0.15, 0.2) is 16.6 Å². The van der Waals surface area contributed by atoms with Crippen molar-refractivity contribution >= 4 is 27.5 Å². The maximum absolute atomic E-state index is 14.6. The zero-order chi connectivity index (χ0) is 14.8. The van der Waals surface area contributed by atoms with Crippen molar-refractivity contribution in [3.8, 4) is 0 Å². The third kappa shape index (κ3) is 3.20. The molecule has 1 unspecified atom stereocenters. The average molecular weight is 363 g/mol. The van der Waals surface area contributed by atoms with Crippen molar-refractivity contribution in [2.24, 2.45) is 5.41 Å². The highest BCUT2D eigenvalue weighted by atomic mass is 79.9. The van der Waals surface area contributed by atoms with Crippen LogP contribution in [0.2, 0.25) is 5.02 Å². The average Bonchev–Trinajstić information content (AvgIpc) is 2.44. The smallest absolute Gasteiger partial charge is 0.147 e. The van der Waals surface area contributed by atoms with E-state index in [0.29, 0.717) is 10.0 Å². The topological polar surface area (TPSA) is 12.0 Å². The minimum absolute atomic E-state index is 0.0263. The maximum Gasteiger partial charge on any atom is 0.147 e. The summed E-state index contributed by atoms with van der Waals surface area (Å²) in [5, 5.41) is 3.67. The quantitative estimate of drug-likeness (QED) is 0.661. The summed E-state index contributed by atoms with van der Waals surface area (Å²) in [6, 6.07) is 3.73. The summed E-state index contributed by atoms with van der Waals surface area (Å²) in [6.07, 6.45) is 6.02. The molecule has 0 aromatic heterocycles. The van der Waals surface area contributed by atoms with Crippen LogP contribution in [0.5, 0.6) is 0 Å². The Morgan fingerprint density at radius 1 is 1.35 bits per heavy atom. The Kier molecular flexibility index (Phi) is 5.49. The van der Waals surface area contributed by atoms with Crippen molar-refractivity contribution in [1.82, 2.24) is 5.32 Å². The van der Waals surface area contributed by atoms with E-state index in [0.717, 1.165) is 19.4 Å². The van der Waals surface area contributed by atoms with Crippen molar-refractivity contribution in [2.75, 3.05) is 6.54 Å². The third-order valence-electron chi connectivity index (χ3n) is 4.48. The molecule has 0 spiro atoms. The lowest BCUT2D eigenvalue weighted by Gasteiger charge is -2.41. The van der Waals surface area contributed by atoms with Gasteiger partial charge in [0.05, 0.1) is 5.02 Å². The van der Waals surface area contributed by atoms with Gasteiger partial charge in [-0.05, 0) is 46.8 Å². The zero-order valence-corrected chi connectivity index (χ0v) is 14.5. The van der Waals surface area contributed by atoms with Crippen LogP contribution in [0, 0.1) is 11.2 Å². The monoisotopic (exact) mass is 361 g/mol. The number of halogens is 3. The van der Waals surface area contributed by atoms with Gasteiger partial charge in [0.25, 0.3) is 0 Å². The highest BCUT2D eigenvalue weighted by Gasteiger charge is 2.37. The Hall–Kier alpha value is -0.120. The molecule has 1 N–H and O–H groups in total. The van der Waals surface area contributed by atoms with Crippen LogP contribution in [0.25, 0.3) is 0 Å². The van der Waals surface area contributed by atoms with Gasteiger partial charge in [-0.15, -0.1) is 0 Å². The molecule has 2 rings (SSSR count). The fourth-order valence-corrected chi connectivity index (χ4v) is 3.83. The second-order valence-electron chi connectivity index (χ2n) is 5.97. The van der Waals surface area contributed by atoms with Gasteiger partial charge in [-0.1, -0.05) is 50.8 Å². The van der Waals surface area contributed by atoms with Gasteiger partial charge in [0.1, 0.15) is 5.82 Å². The number of hydrogen-bond acceptors (Lipinski definition) is 1. The van der Waals surface area contributed by atoms with Gasteiger partial charge in [-0.25, -0.2) is 4.39 Å². The first-order valence-electron chi connectivity index (χ1n) is 7.36. The summed E-state index contributed by atoms with van der Waals surface area (Å²) in [7, 11) is 0. The molecule has 0 heterocycles. The standard InChI is InChI=1S/C16H22BrClFN/c1-3-20-15(16(2)9-5-4-6-10-16)11-7-8-12(17)13(18)14(11)19/h7-8,15,20H,3-6,9-10H2,1-2H3. The number of nitrogens with one attached hydrogen (secondary N) is 1. The molecule has 0 radical (unpaired) electrons. The van der Waals surface area contributed by atoms with E-state index < -0.39 is 0 Å². The number of rotatable bonds is 4. The SMILES string of the molecule is CCNC(c1ccc(Br)c(Cl)c1F)C1(C)CCCCC1. The van der Waals surface area contributed by atoms with Crippen LogP contribution in [-0.2, 0) is 0 Å². The van der Waals surface area contributed by atoms with E-state index in [1.165, 1.54) is 19.3 Å². The summed E-state index contributed by atoms with van der Waals surface area (Å²) < 4.78 is 15.2. The van der Waals surface area contributed by atoms with Crippen LogP contribution >= 0.6 is 27.5 Å². The Morgan fingerprint density at radius 2 is 2.00 bits per heavy atom. The third-order valence-corrected chi connectivity index (χ3v) is 5.74. The van der Waals surface area contributed by atoms with E-state index in [4.69, 9.17) is 11.6 Å². The van der Waals surface area contributed by atoms with Crippen LogP contribution in [0.1, 0.15) is 57.6 Å². The molecule has 0 amide bonds. The molecule has 1 aromatic carbocycles. The Morgan fingerprint density at radius 3 is 2.60 bits per heavy atom. The van der Waals surface area contributed by atoms with Gasteiger partial charge >= 0.3 is 0 Å². The summed E-state index contributed by atoms with van der Waals surface area (Å²) in [5.74, 6) is -0.293. The van der Waals surface area contributed by atoms with E-state index in [1.54, 1.807) is 0 Å². The molecule has 112 valence electrons. The molecule has 4 heteroatoms. The summed E-state index contributed by atoms with van der Waals surface area (Å²) in [5.41, 5.74) is 0.802. The molecule has 1 aromatic rings. The molecule has 1 atom stereocenters. The van der Waals surface area contributed by atoms with Crippen molar-refractivity contribution in [3.63, 3.8) is 0 Å². The van der Waals surface area contributed by atoms with Crippen LogP contribution < -0.4 is 5.32 Å². The molecule has 0 saturated heterocycles. The lowest BCUT2D eigenvalue weighted by molar-refractivity contribution is 0.143. The van der Waals surface area contributed by atoms with E-state index in [2.05, 4.69) is 35.1 Å². The normalized spacial score (nSPS) is 19.9. The van der Waals surface area contributed by atoms with Gasteiger partial charge in [0, 0.05) is 16.1 Å². The van der Waals surface area contributed by atoms with Gasteiger partial charge < -0.3 is 5.32 Å². The minimum Gasteiger partial charge on any atom is -0.310 e. The minimum atomic E-state index is -0.293. The van der Waals surface area contributed by atoms with Crippen molar-refractivity contribution in [1.29, 1.82) is 0 Å². The largest absolute Gasteiger partial charge is 0.310 e. The summed E-state index contributed by atoms with van der Waals surface area (Å²) in [6.45, 7) is 5.17. The molecule has 20 heavy (non-hydrogen) atoms. The van der Waals surface area contributed by atoms with Crippen LogP contribution in [0.4, 0.5) is 4.39 Å². The Balaban J connectivity index is 2.40. The number of benzene rings is 1. The molecular weight excluding hydrogens is 341 g/mol. The lowest BCUT2D eigenvalue weighted by atomic mass is 9.68. The first-order chi connectivity index (χ1) is 9.49. The van der Waals surface area contributed by atoms with E-state index in [-0.39, 0.29) is 22.3 Å². The second kappa shape index (κ2) is 6.76. The van der Waals surface area contributed by atoms with Crippen molar-refractivity contribution < 1.29 is 4.39 Å². The van der Waals surface area contributed by atoms with Crippen LogP contribution in [-0.4, -0.2) is 6.54 Å².